The smallest absolute Gasteiger partial charge is 0.225 e. The second-order valence-corrected chi connectivity index (χ2v) is 10.2. The molecular formula is C22H36N2O2. The molecule has 146 valence electrons. The summed E-state index contributed by atoms with van der Waals surface area (Å²) >= 11 is 0. The number of hydrogen-bond donors (Lipinski definition) is 1. The summed E-state index contributed by atoms with van der Waals surface area (Å²) in [5.41, 5.74) is 0.551. The molecule has 1 N–H and O–H groups in total. The summed E-state index contributed by atoms with van der Waals surface area (Å²) in [6.07, 6.45) is 11.5. The fraction of sp³-hybridized carbons (Fsp3) is 0.909. The van der Waals surface area contributed by atoms with Gasteiger partial charge in [-0.3, -0.25) is 9.59 Å². The Labute approximate surface area is 158 Å². The van der Waals surface area contributed by atoms with Crippen LogP contribution in [0, 0.1) is 35.0 Å². The van der Waals surface area contributed by atoms with Gasteiger partial charge < -0.3 is 10.2 Å². The third-order valence-corrected chi connectivity index (χ3v) is 7.79. The SMILES string of the molecule is CC(C)C(=O)N1CCC(C(=O)NCCC23CC4CC(CC(C4)C2)C3)CC1. The quantitative estimate of drug-likeness (QED) is 0.814. The Morgan fingerprint density at radius 1 is 1.00 bits per heavy atom. The number of nitrogens with one attached hydrogen (secondary N) is 1. The average Bonchev–Trinajstić information content (AvgIpc) is 2.59. The molecule has 4 nitrogen and oxygen atoms in total. The van der Waals surface area contributed by atoms with E-state index in [1.54, 1.807) is 0 Å². The fourth-order valence-electron chi connectivity index (χ4n) is 6.92. The second-order valence-electron chi connectivity index (χ2n) is 10.2. The Kier molecular flexibility index (Phi) is 5.04. The Bertz CT molecular complexity index is 513. The highest BCUT2D eigenvalue weighted by Gasteiger charge is 2.50. The molecule has 1 saturated heterocycles. The maximum absolute atomic E-state index is 12.6. The lowest BCUT2D eigenvalue weighted by atomic mass is 9.49. The number of nitrogens with zero attached hydrogens (tertiary/aromatic N) is 1. The van der Waals surface area contributed by atoms with Gasteiger partial charge in [-0.2, -0.15) is 0 Å². The fourth-order valence-corrected chi connectivity index (χ4v) is 6.92. The number of rotatable bonds is 5. The molecule has 5 rings (SSSR count). The molecule has 1 heterocycles. The van der Waals surface area contributed by atoms with Crippen molar-refractivity contribution in [3.63, 3.8) is 0 Å². The summed E-state index contributed by atoms with van der Waals surface area (Å²) in [6.45, 7) is 6.24. The monoisotopic (exact) mass is 360 g/mol. The second kappa shape index (κ2) is 7.16. The minimum absolute atomic E-state index is 0.0562. The molecule has 4 saturated carbocycles. The summed E-state index contributed by atoms with van der Waals surface area (Å²) in [6, 6.07) is 0. The first-order chi connectivity index (χ1) is 12.4. The summed E-state index contributed by atoms with van der Waals surface area (Å²) in [5.74, 6) is 3.57. The van der Waals surface area contributed by atoms with Crippen LogP contribution in [0.2, 0.25) is 0 Å². The maximum Gasteiger partial charge on any atom is 0.225 e. The van der Waals surface area contributed by atoms with E-state index in [-0.39, 0.29) is 23.7 Å². The molecule has 4 bridgehead atoms. The van der Waals surface area contributed by atoms with Crippen LogP contribution in [-0.4, -0.2) is 36.3 Å². The Morgan fingerprint density at radius 2 is 1.54 bits per heavy atom. The number of likely N-dealkylation sites (tertiary alicyclic amines) is 1. The molecule has 0 aromatic carbocycles. The Morgan fingerprint density at radius 3 is 2.04 bits per heavy atom. The van der Waals surface area contributed by atoms with Gasteiger partial charge in [0, 0.05) is 31.5 Å². The van der Waals surface area contributed by atoms with Crippen molar-refractivity contribution in [2.24, 2.45) is 35.0 Å². The lowest BCUT2D eigenvalue weighted by Crippen LogP contribution is -2.48. The van der Waals surface area contributed by atoms with Crippen LogP contribution < -0.4 is 5.32 Å². The van der Waals surface area contributed by atoms with E-state index < -0.39 is 0 Å². The van der Waals surface area contributed by atoms with Crippen molar-refractivity contribution < 1.29 is 9.59 Å². The van der Waals surface area contributed by atoms with Crippen molar-refractivity contribution in [2.75, 3.05) is 19.6 Å². The van der Waals surface area contributed by atoms with Gasteiger partial charge in [-0.15, -0.1) is 0 Å². The lowest BCUT2D eigenvalue weighted by Gasteiger charge is -2.57. The van der Waals surface area contributed by atoms with E-state index in [4.69, 9.17) is 0 Å². The predicted octanol–water partition coefficient (Wildman–Crippen LogP) is 3.60. The molecule has 0 aromatic heterocycles. The van der Waals surface area contributed by atoms with Gasteiger partial charge in [-0.1, -0.05) is 13.8 Å². The zero-order valence-electron chi connectivity index (χ0n) is 16.6. The molecule has 0 atom stereocenters. The number of amides is 2. The molecule has 26 heavy (non-hydrogen) atoms. The first-order valence-corrected chi connectivity index (χ1v) is 11.0. The van der Waals surface area contributed by atoms with Crippen molar-refractivity contribution in [3.8, 4) is 0 Å². The number of hydrogen-bond acceptors (Lipinski definition) is 2. The van der Waals surface area contributed by atoms with Gasteiger partial charge in [-0.05, 0) is 81.0 Å². The third-order valence-electron chi connectivity index (χ3n) is 7.79. The van der Waals surface area contributed by atoms with Crippen LogP contribution >= 0.6 is 0 Å². The summed E-state index contributed by atoms with van der Waals surface area (Å²) in [4.78, 5) is 26.6. The predicted molar refractivity (Wildman–Crippen MR) is 102 cm³/mol. The molecule has 4 heteroatoms. The molecule has 0 radical (unpaired) electrons. The van der Waals surface area contributed by atoms with Crippen molar-refractivity contribution >= 4 is 11.8 Å². The first kappa shape index (κ1) is 18.3. The molecule has 5 fully saturated rings. The van der Waals surface area contributed by atoms with Crippen LogP contribution in [0.15, 0.2) is 0 Å². The standard InChI is InChI=1S/C22H36N2O2/c1-15(2)21(26)24-7-3-19(4-8-24)20(25)23-6-5-22-12-16-9-17(13-22)11-18(10-16)14-22/h15-19H,3-14H2,1-2H3,(H,23,25). The van der Waals surface area contributed by atoms with E-state index in [9.17, 15) is 9.59 Å². The first-order valence-electron chi connectivity index (χ1n) is 11.0. The highest BCUT2D eigenvalue weighted by Crippen LogP contribution is 2.61. The normalized spacial score (nSPS) is 36.6. The number of piperidine rings is 1. The molecule has 0 spiro atoms. The maximum atomic E-state index is 12.6. The van der Waals surface area contributed by atoms with Crippen LogP contribution in [0.1, 0.15) is 71.6 Å². The molecule has 0 aromatic rings. The highest BCUT2D eigenvalue weighted by molar-refractivity contribution is 5.80. The molecule has 4 aliphatic carbocycles. The molecule has 1 aliphatic heterocycles. The Balaban J connectivity index is 1.21. The largest absolute Gasteiger partial charge is 0.356 e. The number of carbonyl (C=O) groups is 2. The number of carbonyl (C=O) groups excluding carboxylic acids is 2. The van der Waals surface area contributed by atoms with Crippen molar-refractivity contribution in [1.29, 1.82) is 0 Å². The van der Waals surface area contributed by atoms with Gasteiger partial charge in [-0.25, -0.2) is 0 Å². The topological polar surface area (TPSA) is 49.4 Å². The lowest BCUT2D eigenvalue weighted by molar-refractivity contribution is -0.138. The van der Waals surface area contributed by atoms with Gasteiger partial charge >= 0.3 is 0 Å². The summed E-state index contributed by atoms with van der Waals surface area (Å²) in [5, 5.41) is 3.25. The van der Waals surface area contributed by atoms with Crippen LogP contribution in [-0.2, 0) is 9.59 Å². The van der Waals surface area contributed by atoms with E-state index in [1.165, 1.54) is 44.9 Å². The van der Waals surface area contributed by atoms with Crippen molar-refractivity contribution in [3.05, 3.63) is 0 Å². The summed E-state index contributed by atoms with van der Waals surface area (Å²) in [7, 11) is 0. The van der Waals surface area contributed by atoms with Crippen LogP contribution in [0.25, 0.3) is 0 Å². The molecule has 5 aliphatic rings. The third kappa shape index (κ3) is 3.66. The van der Waals surface area contributed by atoms with E-state index in [0.29, 0.717) is 5.41 Å². The van der Waals surface area contributed by atoms with Crippen LogP contribution in [0.4, 0.5) is 0 Å². The van der Waals surface area contributed by atoms with E-state index in [1.807, 2.05) is 18.7 Å². The van der Waals surface area contributed by atoms with Gasteiger partial charge in [0.25, 0.3) is 0 Å². The van der Waals surface area contributed by atoms with Gasteiger partial charge in [0.2, 0.25) is 11.8 Å². The van der Waals surface area contributed by atoms with Gasteiger partial charge in [0.1, 0.15) is 0 Å². The van der Waals surface area contributed by atoms with E-state index in [2.05, 4.69) is 5.32 Å². The molecule has 2 amide bonds. The van der Waals surface area contributed by atoms with Gasteiger partial charge in [0.15, 0.2) is 0 Å². The zero-order chi connectivity index (χ0) is 18.3. The van der Waals surface area contributed by atoms with Crippen molar-refractivity contribution in [1.82, 2.24) is 10.2 Å². The van der Waals surface area contributed by atoms with Crippen LogP contribution in [0.3, 0.4) is 0 Å². The van der Waals surface area contributed by atoms with E-state index >= 15 is 0 Å². The molecular weight excluding hydrogens is 324 g/mol. The van der Waals surface area contributed by atoms with Gasteiger partial charge in [0.05, 0.1) is 0 Å². The average molecular weight is 361 g/mol. The minimum atomic E-state index is 0.0562. The highest BCUT2D eigenvalue weighted by atomic mass is 16.2. The molecule has 0 unspecified atom stereocenters. The Hall–Kier alpha value is -1.06. The van der Waals surface area contributed by atoms with Crippen molar-refractivity contribution in [2.45, 2.75) is 71.6 Å². The zero-order valence-corrected chi connectivity index (χ0v) is 16.6. The van der Waals surface area contributed by atoms with Crippen LogP contribution in [0.5, 0.6) is 0 Å². The minimum Gasteiger partial charge on any atom is -0.356 e. The van der Waals surface area contributed by atoms with E-state index in [0.717, 1.165) is 50.2 Å². The summed E-state index contributed by atoms with van der Waals surface area (Å²) < 4.78 is 0.